The van der Waals surface area contributed by atoms with Crippen LogP contribution in [0.25, 0.3) is 33.8 Å². The Kier molecular flexibility index (Phi) is 6.76. The normalized spacial score (nSPS) is 10.6. The molecule has 0 unspecified atom stereocenters. The van der Waals surface area contributed by atoms with Gasteiger partial charge < -0.3 is 5.73 Å². The van der Waals surface area contributed by atoms with Crippen LogP contribution in [0.3, 0.4) is 0 Å². The molecular weight excluding hydrogens is 600 g/mol. The van der Waals surface area contributed by atoms with E-state index in [4.69, 9.17) is 11.0 Å². The highest BCUT2D eigenvalue weighted by molar-refractivity contribution is 9.10. The predicted molar refractivity (Wildman–Crippen MR) is 145 cm³/mol. The fourth-order valence-electron chi connectivity index (χ4n) is 3.58. The molecule has 9 nitrogen and oxygen atoms in total. The number of rotatable bonds is 3. The molecule has 4 aromatic heterocycles. The third-order valence-electron chi connectivity index (χ3n) is 5.30. The van der Waals surface area contributed by atoms with Gasteiger partial charge in [-0.25, -0.2) is 15.0 Å². The summed E-state index contributed by atoms with van der Waals surface area (Å²) in [5, 5.41) is 8.80. The predicted octanol–water partition coefficient (Wildman–Crippen LogP) is 5.29. The maximum atomic E-state index is 11.1. The van der Waals surface area contributed by atoms with Crippen molar-refractivity contribution in [3.8, 4) is 28.3 Å². The molecule has 4 heterocycles. The summed E-state index contributed by atoms with van der Waals surface area (Å²) in [7, 11) is 0. The number of carbonyl (C=O) groups is 1. The molecule has 0 saturated heterocycles. The van der Waals surface area contributed by atoms with Crippen LogP contribution in [0.1, 0.15) is 16.2 Å². The van der Waals surface area contributed by atoms with Crippen molar-refractivity contribution in [3.63, 3.8) is 0 Å². The van der Waals surface area contributed by atoms with Crippen molar-refractivity contribution in [2.45, 2.75) is 0 Å². The third kappa shape index (κ3) is 5.40. The smallest absolute Gasteiger partial charge is 0.268 e. The van der Waals surface area contributed by atoms with Crippen molar-refractivity contribution in [3.05, 3.63) is 106 Å². The number of primary amides is 1. The number of imidazole rings is 2. The summed E-state index contributed by atoms with van der Waals surface area (Å²) in [6, 6.07) is 17.9. The summed E-state index contributed by atoms with van der Waals surface area (Å²) in [5.74, 6) is 0.423. The molecule has 0 spiro atoms. The van der Waals surface area contributed by atoms with Crippen molar-refractivity contribution in [1.29, 1.82) is 5.26 Å². The first-order valence-electron chi connectivity index (χ1n) is 10.8. The first kappa shape index (κ1) is 24.3. The zero-order valence-corrected chi connectivity index (χ0v) is 22.1. The minimum Gasteiger partial charge on any atom is -0.364 e. The molecule has 0 atom stereocenters. The van der Waals surface area contributed by atoms with E-state index in [1.165, 1.54) is 0 Å². The van der Waals surface area contributed by atoms with Gasteiger partial charge in [-0.2, -0.15) is 10.2 Å². The van der Waals surface area contributed by atoms with Crippen LogP contribution in [0.15, 0.2) is 94.7 Å². The van der Waals surface area contributed by atoms with Gasteiger partial charge >= 0.3 is 0 Å². The highest BCUT2D eigenvalue weighted by Crippen LogP contribution is 2.23. The van der Waals surface area contributed by atoms with E-state index in [0.717, 1.165) is 31.2 Å². The number of nitrogens with zero attached hydrogens (tertiary/aromatic N) is 7. The van der Waals surface area contributed by atoms with Crippen LogP contribution in [0.5, 0.6) is 0 Å². The number of aromatic nitrogens is 6. The molecule has 1 amide bonds. The second-order valence-corrected chi connectivity index (χ2v) is 9.68. The van der Waals surface area contributed by atoms with Gasteiger partial charge in [-0.3, -0.25) is 13.6 Å². The minimum absolute atomic E-state index is 0.207. The van der Waals surface area contributed by atoms with E-state index in [2.05, 4.69) is 51.8 Å². The molecule has 11 heteroatoms. The van der Waals surface area contributed by atoms with Crippen molar-refractivity contribution in [2.75, 3.05) is 0 Å². The van der Waals surface area contributed by atoms with Gasteiger partial charge in [-0.1, -0.05) is 56.1 Å². The molecule has 37 heavy (non-hydrogen) atoms. The number of hydrogen-bond acceptors (Lipinski definition) is 6. The number of nitrogens with two attached hydrogens (primary N) is 1. The SMILES string of the molecule is N#Cc1cn2cc(-c3cccc(Br)c3)cnc2n1.NC(=O)c1cn2cc(-c3cccc(Br)c3)cnc2n1. The summed E-state index contributed by atoms with van der Waals surface area (Å²) >= 11 is 6.87. The van der Waals surface area contributed by atoms with Crippen LogP contribution in [0.2, 0.25) is 0 Å². The lowest BCUT2D eigenvalue weighted by molar-refractivity contribution is 0.0996. The fraction of sp³-hybridized carbons (Fsp3) is 0. The number of carbonyl (C=O) groups excluding carboxylic acids is 1. The number of halogens is 2. The van der Waals surface area contributed by atoms with Crippen LogP contribution < -0.4 is 5.73 Å². The molecule has 0 bridgehead atoms. The Bertz CT molecular complexity index is 1820. The van der Waals surface area contributed by atoms with Gasteiger partial charge in [0.15, 0.2) is 5.69 Å². The summed E-state index contributed by atoms with van der Waals surface area (Å²) in [5.41, 5.74) is 9.77. The molecule has 0 aliphatic heterocycles. The van der Waals surface area contributed by atoms with Crippen molar-refractivity contribution < 1.29 is 4.79 Å². The van der Waals surface area contributed by atoms with E-state index in [1.54, 1.807) is 33.6 Å². The standard InChI is InChI=1S/C13H9BrN4O.C13H7BrN4/c14-10-3-1-2-8(4-10)9-5-16-13-17-11(12(15)19)7-18(13)6-9;14-11-3-1-2-9(4-11)10-6-16-13-17-12(5-15)8-18(13)7-10/h1-7H,(H2,15,19);1-4,6-8H. The Balaban J connectivity index is 0.000000152. The maximum absolute atomic E-state index is 11.1. The molecule has 2 N–H and O–H groups in total. The van der Waals surface area contributed by atoms with Gasteiger partial charge in [0.2, 0.25) is 11.6 Å². The zero-order valence-electron chi connectivity index (χ0n) is 19.0. The number of amides is 1. The lowest BCUT2D eigenvalue weighted by Gasteiger charge is -2.02. The van der Waals surface area contributed by atoms with E-state index >= 15 is 0 Å². The van der Waals surface area contributed by atoms with E-state index < -0.39 is 5.91 Å². The molecular formula is C26H16Br2N8O. The highest BCUT2D eigenvalue weighted by atomic mass is 79.9. The maximum Gasteiger partial charge on any atom is 0.268 e. The molecule has 180 valence electrons. The van der Waals surface area contributed by atoms with Crippen LogP contribution in [0, 0.1) is 11.3 Å². The van der Waals surface area contributed by atoms with Crippen molar-refractivity contribution >= 4 is 49.3 Å². The Morgan fingerprint density at radius 2 is 1.32 bits per heavy atom. The molecule has 0 fully saturated rings. The second-order valence-electron chi connectivity index (χ2n) is 7.85. The van der Waals surface area contributed by atoms with E-state index in [1.807, 2.05) is 67.0 Å². The first-order valence-corrected chi connectivity index (χ1v) is 12.4. The fourth-order valence-corrected chi connectivity index (χ4v) is 4.37. The number of nitriles is 1. The topological polar surface area (TPSA) is 127 Å². The quantitative estimate of drug-likeness (QED) is 0.288. The number of benzene rings is 2. The van der Waals surface area contributed by atoms with Gasteiger partial charge in [-0.05, 0) is 35.4 Å². The van der Waals surface area contributed by atoms with Crippen LogP contribution >= 0.6 is 31.9 Å². The van der Waals surface area contributed by atoms with Crippen LogP contribution in [0.4, 0.5) is 0 Å². The summed E-state index contributed by atoms with van der Waals surface area (Å²) < 4.78 is 5.46. The third-order valence-corrected chi connectivity index (χ3v) is 6.29. The monoisotopic (exact) mass is 614 g/mol. The van der Waals surface area contributed by atoms with Crippen molar-refractivity contribution in [1.82, 2.24) is 28.7 Å². The van der Waals surface area contributed by atoms with Gasteiger partial charge in [0, 0.05) is 57.3 Å². The molecule has 2 aromatic carbocycles. The zero-order chi connectivity index (χ0) is 25.9. The summed E-state index contributed by atoms with van der Waals surface area (Å²) in [6.07, 6.45) is 10.5. The first-order chi connectivity index (χ1) is 17.9. The summed E-state index contributed by atoms with van der Waals surface area (Å²) in [6.45, 7) is 0. The van der Waals surface area contributed by atoms with Gasteiger partial charge in [0.05, 0.1) is 0 Å². The Morgan fingerprint density at radius 1 is 0.784 bits per heavy atom. The Labute approximate surface area is 227 Å². The van der Waals surface area contributed by atoms with Gasteiger partial charge in [-0.15, -0.1) is 0 Å². The molecule has 6 rings (SSSR count). The molecule has 0 saturated carbocycles. The van der Waals surface area contributed by atoms with Gasteiger partial charge in [0.1, 0.15) is 11.8 Å². The Morgan fingerprint density at radius 3 is 1.84 bits per heavy atom. The highest BCUT2D eigenvalue weighted by Gasteiger charge is 2.09. The largest absolute Gasteiger partial charge is 0.364 e. The van der Waals surface area contributed by atoms with Gasteiger partial charge in [0.25, 0.3) is 5.91 Å². The van der Waals surface area contributed by atoms with E-state index in [-0.39, 0.29) is 5.69 Å². The number of hydrogen-bond donors (Lipinski definition) is 1. The molecule has 6 aromatic rings. The van der Waals surface area contributed by atoms with Crippen LogP contribution in [-0.4, -0.2) is 34.6 Å². The van der Waals surface area contributed by atoms with E-state index in [0.29, 0.717) is 17.2 Å². The Hall–Kier alpha value is -4.40. The average molecular weight is 616 g/mol. The molecule has 0 aliphatic carbocycles. The van der Waals surface area contributed by atoms with E-state index in [9.17, 15) is 4.79 Å². The molecule has 0 aliphatic rings. The molecule has 0 radical (unpaired) electrons. The second kappa shape index (κ2) is 10.3. The lowest BCUT2D eigenvalue weighted by Crippen LogP contribution is -2.10. The van der Waals surface area contributed by atoms with Crippen molar-refractivity contribution in [2.24, 2.45) is 5.73 Å². The number of fused-ring (bicyclic) bond motifs is 2. The van der Waals surface area contributed by atoms with Crippen LogP contribution in [-0.2, 0) is 0 Å². The summed E-state index contributed by atoms with van der Waals surface area (Å²) in [4.78, 5) is 27.6. The minimum atomic E-state index is -0.561. The average Bonchev–Trinajstić information content (AvgIpc) is 3.52. The lowest BCUT2D eigenvalue weighted by atomic mass is 10.1.